The van der Waals surface area contributed by atoms with Crippen LogP contribution in [-0.4, -0.2) is 55.4 Å². The Bertz CT molecular complexity index is 536. The third kappa shape index (κ3) is 4.91. The molecule has 0 aromatic heterocycles. The van der Waals surface area contributed by atoms with Crippen LogP contribution in [0.5, 0.6) is 5.75 Å². The van der Waals surface area contributed by atoms with Crippen molar-refractivity contribution in [2.45, 2.75) is 13.8 Å². The van der Waals surface area contributed by atoms with Crippen LogP contribution in [0.2, 0.25) is 0 Å². The van der Waals surface area contributed by atoms with Gasteiger partial charge in [0, 0.05) is 31.8 Å². The van der Waals surface area contributed by atoms with Crippen molar-refractivity contribution in [1.82, 2.24) is 9.80 Å². The molecule has 1 aromatic rings. The smallest absolute Gasteiger partial charge is 0.246 e. The lowest BCUT2D eigenvalue weighted by Crippen LogP contribution is -2.40. The first-order chi connectivity index (χ1) is 10.5. The normalized spacial score (nSPS) is 10.5. The lowest BCUT2D eigenvalue weighted by Gasteiger charge is -2.22. The molecule has 0 fully saturated rings. The molecule has 0 aliphatic heterocycles. The highest BCUT2D eigenvalue weighted by Gasteiger charge is 2.14. The van der Waals surface area contributed by atoms with E-state index >= 15 is 0 Å². The zero-order valence-corrected chi connectivity index (χ0v) is 13.7. The zero-order chi connectivity index (χ0) is 16.5. The van der Waals surface area contributed by atoms with Gasteiger partial charge in [-0.1, -0.05) is 18.2 Å². The van der Waals surface area contributed by atoms with Gasteiger partial charge < -0.3 is 14.5 Å². The summed E-state index contributed by atoms with van der Waals surface area (Å²) < 4.78 is 5.23. The van der Waals surface area contributed by atoms with Gasteiger partial charge >= 0.3 is 0 Å². The summed E-state index contributed by atoms with van der Waals surface area (Å²) in [5.74, 6) is 0.436. The molecule has 5 heteroatoms. The number of hydrogen-bond donors (Lipinski definition) is 0. The van der Waals surface area contributed by atoms with Crippen molar-refractivity contribution < 1.29 is 14.3 Å². The van der Waals surface area contributed by atoms with Crippen molar-refractivity contribution in [2.24, 2.45) is 0 Å². The fourth-order valence-corrected chi connectivity index (χ4v) is 2.05. The van der Waals surface area contributed by atoms with Crippen LogP contribution < -0.4 is 4.74 Å². The molecule has 0 unspecified atom stereocenters. The Kier molecular flexibility index (Phi) is 7.16. The van der Waals surface area contributed by atoms with E-state index in [0.717, 1.165) is 5.56 Å². The molecule has 0 saturated heterocycles. The first kappa shape index (κ1) is 17.8. The number of methoxy groups -OCH3 is 1. The third-order valence-corrected chi connectivity index (χ3v) is 3.41. The van der Waals surface area contributed by atoms with Crippen LogP contribution in [0.25, 0.3) is 6.08 Å². The van der Waals surface area contributed by atoms with E-state index in [-0.39, 0.29) is 18.4 Å². The van der Waals surface area contributed by atoms with Gasteiger partial charge in [-0.3, -0.25) is 9.59 Å². The molecule has 0 spiro atoms. The molecule has 1 aromatic carbocycles. The van der Waals surface area contributed by atoms with Crippen LogP contribution >= 0.6 is 0 Å². The lowest BCUT2D eigenvalue weighted by atomic mass is 10.2. The Morgan fingerprint density at radius 2 is 1.82 bits per heavy atom. The monoisotopic (exact) mass is 304 g/mol. The van der Waals surface area contributed by atoms with E-state index in [1.165, 1.54) is 11.0 Å². The molecular formula is C17H24N2O3. The fourth-order valence-electron chi connectivity index (χ4n) is 2.05. The van der Waals surface area contributed by atoms with Gasteiger partial charge in [0.05, 0.1) is 13.7 Å². The Morgan fingerprint density at radius 3 is 2.41 bits per heavy atom. The average Bonchev–Trinajstić information content (AvgIpc) is 2.53. The molecule has 0 aliphatic rings. The number of likely N-dealkylation sites (N-methyl/N-ethyl adjacent to an activating group) is 2. The molecule has 0 saturated carbocycles. The predicted octanol–water partition coefficient (Wildman–Crippen LogP) is 2.04. The molecule has 0 atom stereocenters. The summed E-state index contributed by atoms with van der Waals surface area (Å²) in [6.07, 6.45) is 3.15. The summed E-state index contributed by atoms with van der Waals surface area (Å²) >= 11 is 0. The van der Waals surface area contributed by atoms with Crippen LogP contribution in [0, 0.1) is 0 Å². The predicted molar refractivity (Wildman–Crippen MR) is 87.6 cm³/mol. The van der Waals surface area contributed by atoms with Crippen molar-refractivity contribution >= 4 is 17.9 Å². The summed E-state index contributed by atoms with van der Waals surface area (Å²) in [5, 5.41) is 0. The molecule has 22 heavy (non-hydrogen) atoms. The highest BCUT2D eigenvalue weighted by atomic mass is 16.5. The Hall–Kier alpha value is -2.30. The summed E-state index contributed by atoms with van der Waals surface area (Å²) in [4.78, 5) is 27.2. The number of carbonyl (C=O) groups excluding carboxylic acids is 2. The summed E-state index contributed by atoms with van der Waals surface area (Å²) in [7, 11) is 3.21. The number of rotatable bonds is 7. The minimum absolute atomic E-state index is 0.0495. The molecule has 2 amide bonds. The molecule has 0 aliphatic carbocycles. The quantitative estimate of drug-likeness (QED) is 0.724. The average molecular weight is 304 g/mol. The van der Waals surface area contributed by atoms with Crippen molar-refractivity contribution in [3.8, 4) is 5.75 Å². The van der Waals surface area contributed by atoms with Crippen molar-refractivity contribution in [3.63, 3.8) is 0 Å². The second-order valence-electron chi connectivity index (χ2n) is 4.84. The zero-order valence-electron chi connectivity index (χ0n) is 13.7. The largest absolute Gasteiger partial charge is 0.496 e. The molecular weight excluding hydrogens is 280 g/mol. The van der Waals surface area contributed by atoms with Gasteiger partial charge in [0.25, 0.3) is 0 Å². The topological polar surface area (TPSA) is 49.9 Å². The van der Waals surface area contributed by atoms with Crippen LogP contribution in [0.15, 0.2) is 30.3 Å². The first-order valence-electron chi connectivity index (χ1n) is 7.37. The van der Waals surface area contributed by atoms with Gasteiger partial charge in [0.1, 0.15) is 5.75 Å². The molecule has 0 bridgehead atoms. The van der Waals surface area contributed by atoms with Crippen molar-refractivity contribution in [1.29, 1.82) is 0 Å². The van der Waals surface area contributed by atoms with E-state index < -0.39 is 0 Å². The number of carbonyl (C=O) groups is 2. The van der Waals surface area contributed by atoms with Gasteiger partial charge in [0.15, 0.2) is 0 Å². The maximum atomic E-state index is 12.1. The third-order valence-electron chi connectivity index (χ3n) is 3.41. The Balaban J connectivity index is 2.68. The summed E-state index contributed by atoms with van der Waals surface area (Å²) in [6, 6.07) is 7.44. The summed E-state index contributed by atoms with van der Waals surface area (Å²) in [6.45, 7) is 5.22. The molecule has 5 nitrogen and oxygen atoms in total. The lowest BCUT2D eigenvalue weighted by molar-refractivity contribution is -0.136. The van der Waals surface area contributed by atoms with Crippen LogP contribution in [0.3, 0.4) is 0 Å². The maximum Gasteiger partial charge on any atom is 0.246 e. The minimum atomic E-state index is -0.216. The van der Waals surface area contributed by atoms with E-state index in [9.17, 15) is 9.59 Å². The number of hydrogen-bond acceptors (Lipinski definition) is 3. The van der Waals surface area contributed by atoms with E-state index in [4.69, 9.17) is 4.74 Å². The van der Waals surface area contributed by atoms with E-state index in [0.29, 0.717) is 18.8 Å². The number of para-hydroxylation sites is 1. The van der Waals surface area contributed by atoms with E-state index in [1.807, 2.05) is 38.1 Å². The molecule has 0 radical (unpaired) electrons. The second kappa shape index (κ2) is 8.87. The number of ether oxygens (including phenoxy) is 1. The van der Waals surface area contributed by atoms with Gasteiger partial charge in [-0.05, 0) is 26.0 Å². The van der Waals surface area contributed by atoms with Crippen molar-refractivity contribution in [3.05, 3.63) is 35.9 Å². The van der Waals surface area contributed by atoms with Gasteiger partial charge in [-0.2, -0.15) is 0 Å². The standard InChI is InChI=1S/C17H24N2O3/c1-5-19(6-2)17(21)13-18(3)16(20)12-11-14-9-7-8-10-15(14)22-4/h7-12H,5-6,13H2,1-4H3/b12-11+. The maximum absolute atomic E-state index is 12.1. The molecule has 0 N–H and O–H groups in total. The van der Waals surface area contributed by atoms with Gasteiger partial charge in [-0.15, -0.1) is 0 Å². The number of amides is 2. The number of benzene rings is 1. The van der Waals surface area contributed by atoms with E-state index in [1.54, 1.807) is 25.1 Å². The van der Waals surface area contributed by atoms with Crippen molar-refractivity contribution in [2.75, 3.05) is 33.8 Å². The van der Waals surface area contributed by atoms with Crippen LogP contribution in [-0.2, 0) is 9.59 Å². The number of nitrogens with zero attached hydrogens (tertiary/aromatic N) is 2. The highest BCUT2D eigenvalue weighted by Crippen LogP contribution is 2.18. The van der Waals surface area contributed by atoms with Crippen LogP contribution in [0.4, 0.5) is 0 Å². The van der Waals surface area contributed by atoms with Gasteiger partial charge in [0.2, 0.25) is 11.8 Å². The summed E-state index contributed by atoms with van der Waals surface area (Å²) in [5.41, 5.74) is 0.821. The highest BCUT2D eigenvalue weighted by molar-refractivity contribution is 5.94. The minimum Gasteiger partial charge on any atom is -0.496 e. The SMILES string of the molecule is CCN(CC)C(=O)CN(C)C(=O)/C=C/c1ccccc1OC. The Morgan fingerprint density at radius 1 is 1.18 bits per heavy atom. The Labute approximate surface area is 132 Å². The molecule has 120 valence electrons. The molecule has 1 rings (SSSR count). The van der Waals surface area contributed by atoms with Gasteiger partial charge in [-0.25, -0.2) is 0 Å². The van der Waals surface area contributed by atoms with Crippen LogP contribution in [0.1, 0.15) is 19.4 Å². The van der Waals surface area contributed by atoms with E-state index in [2.05, 4.69) is 0 Å². The molecule has 0 heterocycles. The fraction of sp³-hybridized carbons (Fsp3) is 0.412. The first-order valence-corrected chi connectivity index (χ1v) is 7.37. The second-order valence-corrected chi connectivity index (χ2v) is 4.84.